The summed E-state index contributed by atoms with van der Waals surface area (Å²) >= 11 is 1.38. The van der Waals surface area contributed by atoms with Crippen molar-refractivity contribution in [2.75, 3.05) is 0 Å². The van der Waals surface area contributed by atoms with Crippen molar-refractivity contribution in [3.8, 4) is 6.07 Å². The van der Waals surface area contributed by atoms with Crippen molar-refractivity contribution in [1.29, 1.82) is 5.26 Å². The van der Waals surface area contributed by atoms with Crippen molar-refractivity contribution in [1.82, 2.24) is 10.3 Å². The number of carbonyl (C=O) groups excluding carboxylic acids is 1. The smallest absolute Gasteiger partial charge is 0.271 e. The van der Waals surface area contributed by atoms with Gasteiger partial charge in [0.05, 0.1) is 23.7 Å². The van der Waals surface area contributed by atoms with Crippen LogP contribution >= 0.6 is 11.3 Å². The first-order valence-electron chi connectivity index (χ1n) is 6.53. The van der Waals surface area contributed by atoms with E-state index in [-0.39, 0.29) is 18.0 Å². The molecule has 5 nitrogen and oxygen atoms in total. The summed E-state index contributed by atoms with van der Waals surface area (Å²) in [5.74, 6) is -0.227. The molecule has 1 aromatic heterocycles. The molecule has 0 aliphatic carbocycles. The van der Waals surface area contributed by atoms with Gasteiger partial charge < -0.3 is 11.1 Å². The summed E-state index contributed by atoms with van der Waals surface area (Å²) in [4.78, 5) is 16.3. The van der Waals surface area contributed by atoms with E-state index in [2.05, 4.69) is 16.4 Å². The summed E-state index contributed by atoms with van der Waals surface area (Å²) in [6.07, 6.45) is 0. The Hall–Kier alpha value is -2.23. The van der Waals surface area contributed by atoms with Gasteiger partial charge in [0.25, 0.3) is 5.91 Å². The Labute approximate surface area is 127 Å². The minimum atomic E-state index is -0.227. The van der Waals surface area contributed by atoms with Crippen LogP contribution in [0.5, 0.6) is 0 Å². The molecule has 1 heterocycles. The van der Waals surface area contributed by atoms with Crippen LogP contribution in [-0.4, -0.2) is 10.9 Å². The van der Waals surface area contributed by atoms with Gasteiger partial charge >= 0.3 is 0 Å². The van der Waals surface area contributed by atoms with E-state index in [0.717, 1.165) is 10.6 Å². The van der Waals surface area contributed by atoms with Crippen molar-refractivity contribution in [2.45, 2.75) is 25.9 Å². The lowest BCUT2D eigenvalue weighted by molar-refractivity contribution is 0.0935. The highest BCUT2D eigenvalue weighted by molar-refractivity contribution is 7.09. The van der Waals surface area contributed by atoms with E-state index < -0.39 is 0 Å². The summed E-state index contributed by atoms with van der Waals surface area (Å²) in [5, 5.41) is 14.1. The number of rotatable bonds is 4. The molecular formula is C15H16N4OS. The van der Waals surface area contributed by atoms with Gasteiger partial charge in [-0.3, -0.25) is 4.79 Å². The van der Waals surface area contributed by atoms with Gasteiger partial charge in [-0.2, -0.15) is 5.26 Å². The number of nitrogens with two attached hydrogens (primary N) is 1. The summed E-state index contributed by atoms with van der Waals surface area (Å²) in [7, 11) is 0. The Bertz CT molecular complexity index is 670. The third-order valence-electron chi connectivity index (χ3n) is 3.03. The first kappa shape index (κ1) is 15.2. The molecule has 2 unspecified atom stereocenters. The van der Waals surface area contributed by atoms with E-state index in [9.17, 15) is 4.79 Å². The van der Waals surface area contributed by atoms with Crippen LogP contribution in [0.15, 0.2) is 29.6 Å². The largest absolute Gasteiger partial charge is 0.344 e. The average Bonchev–Trinajstić information content (AvgIpc) is 2.97. The number of nitrogens with zero attached hydrogens (tertiary/aromatic N) is 2. The van der Waals surface area contributed by atoms with Gasteiger partial charge in [0.1, 0.15) is 10.7 Å². The minimum Gasteiger partial charge on any atom is -0.344 e. The molecule has 0 bridgehead atoms. The molecule has 0 radical (unpaired) electrons. The number of nitrogens with one attached hydrogen (secondary N) is 1. The van der Waals surface area contributed by atoms with Crippen LogP contribution in [0.2, 0.25) is 0 Å². The molecule has 6 heteroatoms. The highest BCUT2D eigenvalue weighted by atomic mass is 32.1. The molecule has 0 saturated carbocycles. The second kappa shape index (κ2) is 6.48. The van der Waals surface area contributed by atoms with E-state index in [1.54, 1.807) is 17.5 Å². The molecule has 1 amide bonds. The summed E-state index contributed by atoms with van der Waals surface area (Å²) < 4.78 is 0. The van der Waals surface area contributed by atoms with Crippen LogP contribution in [0.3, 0.4) is 0 Å². The maximum Gasteiger partial charge on any atom is 0.271 e. The second-order valence-electron chi connectivity index (χ2n) is 4.79. The van der Waals surface area contributed by atoms with Crippen LogP contribution in [0, 0.1) is 11.3 Å². The Morgan fingerprint density at radius 1 is 1.38 bits per heavy atom. The maximum atomic E-state index is 12.1. The summed E-state index contributed by atoms with van der Waals surface area (Å²) in [6.45, 7) is 3.72. The highest BCUT2D eigenvalue weighted by Crippen LogP contribution is 2.17. The number of benzene rings is 1. The SMILES string of the molecule is CC(N)c1nc(C(=O)NC(C)c2ccc(C#N)cc2)cs1. The van der Waals surface area contributed by atoms with Crippen LogP contribution in [0.1, 0.15) is 52.6 Å². The van der Waals surface area contributed by atoms with Crippen LogP contribution in [0.25, 0.3) is 0 Å². The fraction of sp³-hybridized carbons (Fsp3) is 0.267. The molecule has 21 heavy (non-hydrogen) atoms. The molecule has 2 rings (SSSR count). The van der Waals surface area contributed by atoms with E-state index in [1.165, 1.54) is 11.3 Å². The molecule has 0 aliphatic rings. The number of carbonyl (C=O) groups is 1. The number of hydrogen-bond acceptors (Lipinski definition) is 5. The summed E-state index contributed by atoms with van der Waals surface area (Å²) in [6, 6.07) is 8.86. The van der Waals surface area contributed by atoms with E-state index in [1.807, 2.05) is 26.0 Å². The fourth-order valence-corrected chi connectivity index (χ4v) is 2.56. The topological polar surface area (TPSA) is 91.8 Å². The Morgan fingerprint density at radius 3 is 2.57 bits per heavy atom. The Morgan fingerprint density at radius 2 is 2.05 bits per heavy atom. The van der Waals surface area contributed by atoms with E-state index in [4.69, 9.17) is 11.0 Å². The number of nitriles is 1. The first-order valence-corrected chi connectivity index (χ1v) is 7.41. The van der Waals surface area contributed by atoms with Crippen molar-refractivity contribution < 1.29 is 4.79 Å². The molecule has 3 N–H and O–H groups in total. The van der Waals surface area contributed by atoms with Gasteiger partial charge in [0.15, 0.2) is 0 Å². The van der Waals surface area contributed by atoms with Crippen LogP contribution in [-0.2, 0) is 0 Å². The number of amides is 1. The minimum absolute atomic E-state index is 0.161. The quantitative estimate of drug-likeness (QED) is 0.907. The molecule has 2 atom stereocenters. The maximum absolute atomic E-state index is 12.1. The Kier molecular flexibility index (Phi) is 4.68. The number of aromatic nitrogens is 1. The van der Waals surface area contributed by atoms with Crippen molar-refractivity contribution in [3.05, 3.63) is 51.5 Å². The normalized spacial score (nSPS) is 13.2. The molecule has 0 aliphatic heterocycles. The zero-order chi connectivity index (χ0) is 15.4. The lowest BCUT2D eigenvalue weighted by atomic mass is 10.1. The van der Waals surface area contributed by atoms with Gasteiger partial charge in [-0.25, -0.2) is 4.98 Å². The van der Waals surface area contributed by atoms with Crippen molar-refractivity contribution in [3.63, 3.8) is 0 Å². The van der Waals surface area contributed by atoms with Gasteiger partial charge in [0, 0.05) is 5.38 Å². The molecule has 1 aromatic carbocycles. The molecular weight excluding hydrogens is 284 g/mol. The standard InChI is InChI=1S/C15H16N4OS/c1-9(17)15-19-13(8-21-15)14(20)18-10(2)12-5-3-11(7-16)4-6-12/h3-6,8-10H,17H2,1-2H3,(H,18,20). The number of thiazole rings is 1. The van der Waals surface area contributed by atoms with Gasteiger partial charge in [0.2, 0.25) is 0 Å². The van der Waals surface area contributed by atoms with Crippen molar-refractivity contribution >= 4 is 17.2 Å². The van der Waals surface area contributed by atoms with E-state index >= 15 is 0 Å². The van der Waals surface area contributed by atoms with Gasteiger partial charge in [-0.15, -0.1) is 11.3 Å². The molecule has 0 fully saturated rings. The predicted molar refractivity (Wildman–Crippen MR) is 81.8 cm³/mol. The van der Waals surface area contributed by atoms with E-state index in [0.29, 0.717) is 11.3 Å². The van der Waals surface area contributed by atoms with Gasteiger partial charge in [-0.05, 0) is 31.5 Å². The van der Waals surface area contributed by atoms with Crippen LogP contribution < -0.4 is 11.1 Å². The zero-order valence-corrected chi connectivity index (χ0v) is 12.6. The second-order valence-corrected chi connectivity index (χ2v) is 5.68. The van der Waals surface area contributed by atoms with Gasteiger partial charge in [-0.1, -0.05) is 12.1 Å². The van der Waals surface area contributed by atoms with Crippen molar-refractivity contribution in [2.24, 2.45) is 5.73 Å². The lowest BCUT2D eigenvalue weighted by Gasteiger charge is -2.13. The lowest BCUT2D eigenvalue weighted by Crippen LogP contribution is -2.27. The van der Waals surface area contributed by atoms with Crippen LogP contribution in [0.4, 0.5) is 0 Å². The third kappa shape index (κ3) is 3.66. The monoisotopic (exact) mass is 300 g/mol. The Balaban J connectivity index is 2.05. The summed E-state index contributed by atoms with van der Waals surface area (Å²) in [5.41, 5.74) is 7.65. The predicted octanol–water partition coefficient (Wildman–Crippen LogP) is 2.53. The molecule has 0 spiro atoms. The molecule has 108 valence electrons. The highest BCUT2D eigenvalue weighted by Gasteiger charge is 2.15. The average molecular weight is 300 g/mol. The fourth-order valence-electron chi connectivity index (χ4n) is 1.80. The molecule has 2 aromatic rings. The zero-order valence-electron chi connectivity index (χ0n) is 11.8. The molecule has 0 saturated heterocycles. The third-order valence-corrected chi connectivity index (χ3v) is 4.08. The number of hydrogen-bond donors (Lipinski definition) is 2. The first-order chi connectivity index (χ1) is 10.0.